The Morgan fingerprint density at radius 2 is 1.97 bits per heavy atom. The van der Waals surface area contributed by atoms with Crippen LogP contribution in [0.2, 0.25) is 0 Å². The topological polar surface area (TPSA) is 104 Å². The number of nitrogens with zero attached hydrogens (tertiary/aromatic N) is 3. The van der Waals surface area contributed by atoms with E-state index in [1.165, 1.54) is 12.4 Å². The fraction of sp³-hybridized carbons (Fsp3) is 0.565. The zero-order chi connectivity index (χ0) is 23.1. The molecule has 1 aromatic heterocycles. The van der Waals surface area contributed by atoms with Crippen LogP contribution in [0.4, 0.5) is 0 Å². The highest BCUT2D eigenvalue weighted by Gasteiger charge is 2.43. The van der Waals surface area contributed by atoms with Crippen LogP contribution in [-0.2, 0) is 23.8 Å². The van der Waals surface area contributed by atoms with Crippen LogP contribution in [-0.4, -0.2) is 68.6 Å². The Balaban J connectivity index is 2.06. The van der Waals surface area contributed by atoms with Crippen LogP contribution in [0, 0.1) is 11.1 Å². The van der Waals surface area contributed by atoms with Crippen molar-refractivity contribution in [1.82, 2.24) is 4.90 Å². The van der Waals surface area contributed by atoms with Gasteiger partial charge in [-0.15, -0.1) is 0 Å². The minimum Gasteiger partial charge on any atom is -0.619 e. The third-order valence-corrected chi connectivity index (χ3v) is 5.68. The highest BCUT2D eigenvalue weighted by atomic mass is 16.5. The van der Waals surface area contributed by atoms with Crippen molar-refractivity contribution in [2.75, 3.05) is 46.1 Å². The summed E-state index contributed by atoms with van der Waals surface area (Å²) in [6.07, 6.45) is 3.26. The van der Waals surface area contributed by atoms with E-state index in [2.05, 4.69) is 9.89 Å². The van der Waals surface area contributed by atoms with Crippen LogP contribution in [0.5, 0.6) is 0 Å². The molecule has 0 saturated carbocycles. The van der Waals surface area contributed by atoms with Gasteiger partial charge in [0.15, 0.2) is 12.4 Å². The molecule has 2 aliphatic rings. The standard InChI is InChI=1S/C23H31N3O6/c1-4-31-22(27)19-16(3)24-18(8-10-25-11-13-30-14-12-25)21(23(28)32-5-2)20(19)17-7-6-9-26(29)15-17/h6-7,9,15,19-20H,4-5,8,10-14H2,1-3H3. The van der Waals surface area contributed by atoms with Gasteiger partial charge in [-0.2, -0.15) is 4.73 Å². The fourth-order valence-corrected chi connectivity index (χ4v) is 4.22. The van der Waals surface area contributed by atoms with Gasteiger partial charge in [0, 0.05) is 49.3 Å². The molecule has 0 aliphatic carbocycles. The van der Waals surface area contributed by atoms with Gasteiger partial charge in [-0.3, -0.25) is 14.7 Å². The van der Waals surface area contributed by atoms with E-state index in [0.717, 1.165) is 13.1 Å². The zero-order valence-corrected chi connectivity index (χ0v) is 18.9. The highest BCUT2D eigenvalue weighted by Crippen LogP contribution is 2.40. The lowest BCUT2D eigenvalue weighted by Gasteiger charge is -2.32. The van der Waals surface area contributed by atoms with Gasteiger partial charge in [0.05, 0.1) is 37.7 Å². The largest absolute Gasteiger partial charge is 0.619 e. The first kappa shape index (κ1) is 23.9. The average molecular weight is 446 g/mol. The molecule has 0 radical (unpaired) electrons. The summed E-state index contributed by atoms with van der Waals surface area (Å²) in [6.45, 7) is 9.29. The van der Waals surface area contributed by atoms with Crippen molar-refractivity contribution in [3.8, 4) is 0 Å². The van der Waals surface area contributed by atoms with Crippen molar-refractivity contribution in [2.45, 2.75) is 33.1 Å². The quantitative estimate of drug-likeness (QED) is 0.340. The van der Waals surface area contributed by atoms with Gasteiger partial charge in [0.2, 0.25) is 0 Å². The Hall–Kier alpha value is -2.78. The van der Waals surface area contributed by atoms with Crippen molar-refractivity contribution < 1.29 is 28.5 Å². The van der Waals surface area contributed by atoms with E-state index in [4.69, 9.17) is 14.2 Å². The number of carbonyl (C=O) groups is 2. The monoisotopic (exact) mass is 445 g/mol. The van der Waals surface area contributed by atoms with Crippen molar-refractivity contribution >= 4 is 17.7 Å². The minimum absolute atomic E-state index is 0.189. The summed E-state index contributed by atoms with van der Waals surface area (Å²) in [5.74, 6) is -2.54. The molecular weight excluding hydrogens is 414 g/mol. The van der Waals surface area contributed by atoms with Crippen LogP contribution in [0.25, 0.3) is 0 Å². The lowest BCUT2D eigenvalue weighted by Crippen LogP contribution is -2.39. The van der Waals surface area contributed by atoms with Crippen LogP contribution in [0.1, 0.15) is 38.7 Å². The smallest absolute Gasteiger partial charge is 0.336 e. The Kier molecular flexibility index (Phi) is 8.35. The lowest BCUT2D eigenvalue weighted by atomic mass is 9.75. The number of esters is 2. The van der Waals surface area contributed by atoms with Gasteiger partial charge >= 0.3 is 11.9 Å². The summed E-state index contributed by atoms with van der Waals surface area (Å²) in [4.78, 5) is 33.0. The van der Waals surface area contributed by atoms with Gasteiger partial charge < -0.3 is 19.4 Å². The second-order valence-corrected chi connectivity index (χ2v) is 7.74. The number of hydrogen-bond acceptors (Lipinski definition) is 8. The lowest BCUT2D eigenvalue weighted by molar-refractivity contribution is -0.605. The number of hydrogen-bond donors (Lipinski definition) is 0. The molecular formula is C23H31N3O6. The van der Waals surface area contributed by atoms with Crippen LogP contribution < -0.4 is 4.73 Å². The molecule has 0 bridgehead atoms. The van der Waals surface area contributed by atoms with Crippen molar-refractivity contribution in [1.29, 1.82) is 0 Å². The summed E-state index contributed by atoms with van der Waals surface area (Å²) in [5.41, 5.74) is 2.00. The van der Waals surface area contributed by atoms with Gasteiger partial charge in [0.1, 0.15) is 5.92 Å². The molecule has 0 N–H and O–H groups in total. The number of aliphatic imine (C=N–C) groups is 1. The molecule has 1 aromatic rings. The van der Waals surface area contributed by atoms with Crippen LogP contribution in [0.3, 0.4) is 0 Å². The first-order valence-corrected chi connectivity index (χ1v) is 11.1. The first-order valence-electron chi connectivity index (χ1n) is 11.1. The molecule has 9 nitrogen and oxygen atoms in total. The van der Waals surface area contributed by atoms with Crippen molar-refractivity contribution in [3.05, 3.63) is 46.6 Å². The fourth-order valence-electron chi connectivity index (χ4n) is 4.22. The van der Waals surface area contributed by atoms with Crippen molar-refractivity contribution in [2.24, 2.45) is 10.9 Å². The van der Waals surface area contributed by atoms with E-state index in [0.29, 0.717) is 53.5 Å². The Labute approximate surface area is 188 Å². The molecule has 2 aliphatic heterocycles. The second-order valence-electron chi connectivity index (χ2n) is 7.74. The van der Waals surface area contributed by atoms with E-state index in [9.17, 15) is 14.8 Å². The minimum atomic E-state index is -0.816. The van der Waals surface area contributed by atoms with Gasteiger partial charge in [-0.05, 0) is 26.8 Å². The summed E-state index contributed by atoms with van der Waals surface area (Å²) in [5, 5.41) is 12.1. The predicted octanol–water partition coefficient (Wildman–Crippen LogP) is 1.60. The molecule has 32 heavy (non-hydrogen) atoms. The molecule has 1 fully saturated rings. The van der Waals surface area contributed by atoms with E-state index < -0.39 is 23.8 Å². The molecule has 3 rings (SSSR count). The number of ether oxygens (including phenoxy) is 3. The molecule has 0 spiro atoms. The molecule has 1 saturated heterocycles. The van der Waals surface area contributed by atoms with Crippen LogP contribution in [0.15, 0.2) is 40.8 Å². The molecule has 0 aromatic carbocycles. The normalized spacial score (nSPS) is 21.8. The van der Waals surface area contributed by atoms with E-state index >= 15 is 0 Å². The average Bonchev–Trinajstić information content (AvgIpc) is 2.78. The van der Waals surface area contributed by atoms with Gasteiger partial charge in [0.25, 0.3) is 0 Å². The number of aromatic nitrogens is 1. The Morgan fingerprint density at radius 1 is 1.25 bits per heavy atom. The van der Waals surface area contributed by atoms with E-state index in [1.54, 1.807) is 32.9 Å². The summed E-state index contributed by atoms with van der Waals surface area (Å²) < 4.78 is 16.8. The van der Waals surface area contributed by atoms with Gasteiger partial charge in [-0.1, -0.05) is 0 Å². The van der Waals surface area contributed by atoms with Gasteiger partial charge in [-0.25, -0.2) is 4.79 Å². The van der Waals surface area contributed by atoms with Crippen molar-refractivity contribution in [3.63, 3.8) is 0 Å². The molecule has 2 unspecified atom stereocenters. The number of pyridine rings is 1. The summed E-state index contributed by atoms with van der Waals surface area (Å²) in [7, 11) is 0. The summed E-state index contributed by atoms with van der Waals surface area (Å²) in [6, 6.07) is 3.34. The highest BCUT2D eigenvalue weighted by molar-refractivity contribution is 6.07. The maximum absolute atomic E-state index is 13.1. The molecule has 0 amide bonds. The van der Waals surface area contributed by atoms with E-state index in [1.807, 2.05) is 0 Å². The second kappa shape index (κ2) is 11.2. The third kappa shape index (κ3) is 5.52. The number of morpholine rings is 1. The number of carbonyl (C=O) groups excluding carboxylic acids is 2. The maximum atomic E-state index is 13.1. The maximum Gasteiger partial charge on any atom is 0.336 e. The molecule has 9 heteroatoms. The Bertz CT molecular complexity index is 891. The Morgan fingerprint density at radius 3 is 2.62 bits per heavy atom. The molecule has 3 heterocycles. The number of rotatable bonds is 8. The van der Waals surface area contributed by atoms with Crippen LogP contribution >= 0.6 is 0 Å². The van der Waals surface area contributed by atoms with E-state index in [-0.39, 0.29) is 13.2 Å². The molecule has 174 valence electrons. The predicted molar refractivity (Wildman–Crippen MR) is 117 cm³/mol. The first-order chi connectivity index (χ1) is 15.5. The molecule has 2 atom stereocenters. The SMILES string of the molecule is CCOC(=O)C1=C(CCN2CCOCC2)N=C(C)C(C(=O)OCC)C1c1ccc[n+]([O-])c1. The summed E-state index contributed by atoms with van der Waals surface area (Å²) >= 11 is 0. The zero-order valence-electron chi connectivity index (χ0n) is 18.9. The third-order valence-electron chi connectivity index (χ3n) is 5.68.